The van der Waals surface area contributed by atoms with Crippen molar-refractivity contribution >= 4 is 38.5 Å². The van der Waals surface area contributed by atoms with Gasteiger partial charge in [0.2, 0.25) is 0 Å². The molecule has 4 heteroatoms. The lowest BCUT2D eigenvalue weighted by molar-refractivity contribution is 0.862. The Morgan fingerprint density at radius 1 is 1.24 bits per heavy atom. The third kappa shape index (κ3) is 2.47. The van der Waals surface area contributed by atoms with Crippen LogP contribution in [0, 0.1) is 10.5 Å². The van der Waals surface area contributed by atoms with Gasteiger partial charge >= 0.3 is 0 Å². The molecule has 2 nitrogen and oxygen atoms in total. The Bertz CT molecular complexity index is 634. The number of pyridine rings is 1. The van der Waals surface area contributed by atoms with Crippen LogP contribution in [0.15, 0.2) is 39.6 Å². The Balaban J connectivity index is 2.69. The van der Waals surface area contributed by atoms with E-state index in [1.807, 2.05) is 31.2 Å². The fourth-order valence-corrected chi connectivity index (χ4v) is 2.81. The second-order valence-corrected chi connectivity index (χ2v) is 5.97. The first-order valence-electron chi connectivity index (χ1n) is 5.13. The predicted molar refractivity (Wildman–Crippen MR) is 82.3 cm³/mol. The van der Waals surface area contributed by atoms with Crippen LogP contribution >= 0.6 is 38.5 Å². The van der Waals surface area contributed by atoms with Crippen molar-refractivity contribution in [3.63, 3.8) is 0 Å². The third-order valence-electron chi connectivity index (χ3n) is 2.72. The van der Waals surface area contributed by atoms with Gasteiger partial charge in [-0.3, -0.25) is 4.79 Å². The molecule has 1 aromatic heterocycles. The van der Waals surface area contributed by atoms with E-state index in [2.05, 4.69) is 44.6 Å². The molecule has 0 atom stereocenters. The van der Waals surface area contributed by atoms with Crippen LogP contribution in [0.1, 0.15) is 5.56 Å². The van der Waals surface area contributed by atoms with Crippen LogP contribution in [-0.2, 0) is 7.05 Å². The van der Waals surface area contributed by atoms with Crippen LogP contribution in [0.5, 0.6) is 0 Å². The molecule has 0 aliphatic carbocycles. The van der Waals surface area contributed by atoms with Crippen LogP contribution in [0.25, 0.3) is 11.3 Å². The minimum atomic E-state index is 0.0467. The molecule has 0 unspecified atom stereocenters. The van der Waals surface area contributed by atoms with Crippen LogP contribution < -0.4 is 5.56 Å². The molecule has 0 radical (unpaired) electrons. The molecule has 2 aromatic rings. The highest BCUT2D eigenvalue weighted by Gasteiger charge is 2.08. The Hall–Kier alpha value is -0.620. The summed E-state index contributed by atoms with van der Waals surface area (Å²) >= 11 is 5.50. The fourth-order valence-electron chi connectivity index (χ4n) is 1.79. The van der Waals surface area contributed by atoms with Crippen molar-refractivity contribution in [1.82, 2.24) is 4.57 Å². The summed E-state index contributed by atoms with van der Waals surface area (Å²) in [5.41, 5.74) is 3.23. The maximum absolute atomic E-state index is 11.9. The van der Waals surface area contributed by atoms with E-state index in [9.17, 15) is 4.79 Å². The van der Waals surface area contributed by atoms with E-state index in [1.165, 1.54) is 0 Å². The number of rotatable bonds is 1. The highest BCUT2D eigenvalue weighted by Crippen LogP contribution is 2.25. The zero-order valence-electron chi connectivity index (χ0n) is 9.50. The van der Waals surface area contributed by atoms with Crippen molar-refractivity contribution in [3.05, 3.63) is 54.3 Å². The number of aryl methyl sites for hydroxylation is 1. The number of hydrogen-bond donors (Lipinski definition) is 0. The fraction of sp³-hybridized carbons (Fsp3) is 0.154. The first-order chi connectivity index (χ1) is 8.00. The second-order valence-electron chi connectivity index (χ2n) is 3.89. The predicted octanol–water partition coefficient (Wildman–Crippen LogP) is 3.73. The monoisotopic (exact) mass is 403 g/mol. The van der Waals surface area contributed by atoms with Crippen LogP contribution in [0.3, 0.4) is 0 Å². The quantitative estimate of drug-likeness (QED) is 0.665. The van der Waals surface area contributed by atoms with E-state index in [-0.39, 0.29) is 5.56 Å². The molecule has 0 saturated carbocycles. The summed E-state index contributed by atoms with van der Waals surface area (Å²) in [5.74, 6) is 0. The van der Waals surface area contributed by atoms with E-state index in [0.717, 1.165) is 24.9 Å². The largest absolute Gasteiger partial charge is 0.310 e. The molecule has 0 amide bonds. The molecule has 0 fully saturated rings. The van der Waals surface area contributed by atoms with Gasteiger partial charge in [-0.15, -0.1) is 0 Å². The first-order valence-corrected chi connectivity index (χ1v) is 7.00. The van der Waals surface area contributed by atoms with Crippen molar-refractivity contribution in [3.8, 4) is 11.3 Å². The van der Waals surface area contributed by atoms with Crippen molar-refractivity contribution in [2.45, 2.75) is 6.92 Å². The second kappa shape index (κ2) is 4.94. The van der Waals surface area contributed by atoms with E-state index < -0.39 is 0 Å². The molecule has 1 aromatic carbocycles. The number of hydrogen-bond acceptors (Lipinski definition) is 1. The summed E-state index contributed by atoms with van der Waals surface area (Å²) in [7, 11) is 1.81. The third-order valence-corrected chi connectivity index (χ3v) is 4.04. The molecule has 88 valence electrons. The summed E-state index contributed by atoms with van der Waals surface area (Å²) in [6.45, 7) is 2.04. The van der Waals surface area contributed by atoms with Gasteiger partial charge in [-0.1, -0.05) is 22.0 Å². The summed E-state index contributed by atoms with van der Waals surface area (Å²) < 4.78 is 3.48. The normalized spacial score (nSPS) is 10.6. The van der Waals surface area contributed by atoms with Gasteiger partial charge in [0.25, 0.3) is 5.56 Å². The average molecular weight is 404 g/mol. The summed E-state index contributed by atoms with van der Waals surface area (Å²) in [6.07, 6.45) is 0. The standard InChI is InChI=1S/C13H11BrINO/c1-8-7-9(14)3-4-10(8)12-6-5-11(15)13(17)16(12)2/h3-7H,1-2H3. The Morgan fingerprint density at radius 3 is 2.59 bits per heavy atom. The van der Waals surface area contributed by atoms with Crippen molar-refractivity contribution in [1.29, 1.82) is 0 Å². The van der Waals surface area contributed by atoms with E-state index in [0.29, 0.717) is 0 Å². The van der Waals surface area contributed by atoms with Gasteiger partial charge in [-0.25, -0.2) is 0 Å². The number of nitrogens with zero attached hydrogens (tertiary/aromatic N) is 1. The number of benzene rings is 1. The summed E-state index contributed by atoms with van der Waals surface area (Å²) in [5, 5.41) is 0. The van der Waals surface area contributed by atoms with Crippen molar-refractivity contribution in [2.75, 3.05) is 0 Å². The van der Waals surface area contributed by atoms with E-state index >= 15 is 0 Å². The van der Waals surface area contributed by atoms with Gasteiger partial charge in [0.15, 0.2) is 0 Å². The maximum Gasteiger partial charge on any atom is 0.264 e. The van der Waals surface area contributed by atoms with E-state index in [4.69, 9.17) is 0 Å². The van der Waals surface area contributed by atoms with Crippen molar-refractivity contribution in [2.24, 2.45) is 7.05 Å². The SMILES string of the molecule is Cc1cc(Br)ccc1-c1ccc(I)c(=O)n1C. The lowest BCUT2D eigenvalue weighted by atomic mass is 10.1. The molecule has 17 heavy (non-hydrogen) atoms. The molecule has 0 saturated heterocycles. The minimum Gasteiger partial charge on any atom is -0.310 e. The van der Waals surface area contributed by atoms with Gasteiger partial charge < -0.3 is 4.57 Å². The molecule has 0 spiro atoms. The zero-order valence-corrected chi connectivity index (χ0v) is 13.2. The molecular weight excluding hydrogens is 393 g/mol. The molecule has 2 rings (SSSR count). The van der Waals surface area contributed by atoms with Gasteiger partial charge in [0.05, 0.1) is 9.26 Å². The molecule has 0 bridgehead atoms. The van der Waals surface area contributed by atoms with Gasteiger partial charge in [-0.05, 0) is 59.3 Å². The average Bonchev–Trinajstić information content (AvgIpc) is 2.28. The van der Waals surface area contributed by atoms with Crippen LogP contribution in [0.4, 0.5) is 0 Å². The topological polar surface area (TPSA) is 22.0 Å². The molecule has 1 heterocycles. The van der Waals surface area contributed by atoms with E-state index in [1.54, 1.807) is 11.6 Å². The molecule has 0 N–H and O–H groups in total. The van der Waals surface area contributed by atoms with Gasteiger partial charge in [-0.2, -0.15) is 0 Å². The lowest BCUT2D eigenvalue weighted by Gasteiger charge is -2.11. The smallest absolute Gasteiger partial charge is 0.264 e. The minimum absolute atomic E-state index is 0.0467. The van der Waals surface area contributed by atoms with Crippen LogP contribution in [0.2, 0.25) is 0 Å². The zero-order chi connectivity index (χ0) is 12.6. The maximum atomic E-state index is 11.9. The molecule has 0 aliphatic heterocycles. The molecular formula is C13H11BrINO. The van der Waals surface area contributed by atoms with Gasteiger partial charge in [0.1, 0.15) is 0 Å². The highest BCUT2D eigenvalue weighted by molar-refractivity contribution is 14.1. The van der Waals surface area contributed by atoms with Crippen LogP contribution in [-0.4, -0.2) is 4.57 Å². The Labute approximate surface area is 122 Å². The summed E-state index contributed by atoms with van der Waals surface area (Å²) in [4.78, 5) is 11.9. The van der Waals surface area contributed by atoms with Crippen molar-refractivity contribution < 1.29 is 0 Å². The Kier molecular flexibility index (Phi) is 3.73. The summed E-state index contributed by atoms with van der Waals surface area (Å²) in [6, 6.07) is 9.92. The highest BCUT2D eigenvalue weighted by atomic mass is 127. The van der Waals surface area contributed by atoms with Gasteiger partial charge in [0, 0.05) is 17.1 Å². The molecule has 0 aliphatic rings. The number of aromatic nitrogens is 1. The lowest BCUT2D eigenvalue weighted by Crippen LogP contribution is -2.20. The Morgan fingerprint density at radius 2 is 1.94 bits per heavy atom. The number of halogens is 2. The first kappa shape index (κ1) is 12.8.